The predicted molar refractivity (Wildman–Crippen MR) is 98.6 cm³/mol. The van der Waals surface area contributed by atoms with Crippen molar-refractivity contribution in [2.45, 2.75) is 12.5 Å². The van der Waals surface area contributed by atoms with Crippen LogP contribution in [-0.4, -0.2) is 66.0 Å². The van der Waals surface area contributed by atoms with Crippen molar-refractivity contribution in [2.24, 2.45) is 18.0 Å². The Balaban J connectivity index is 0.00000242. The summed E-state index contributed by atoms with van der Waals surface area (Å²) in [6.07, 6.45) is 4.13. The molecule has 2 heterocycles. The summed E-state index contributed by atoms with van der Waals surface area (Å²) >= 11 is 0. The average Bonchev–Trinajstić information content (AvgIpc) is 3.07. The van der Waals surface area contributed by atoms with Gasteiger partial charge in [0.25, 0.3) is 0 Å². The molecule has 0 amide bonds. The number of aliphatic hydroxyl groups is 1. The molecule has 1 aliphatic heterocycles. The van der Waals surface area contributed by atoms with E-state index in [4.69, 9.17) is 0 Å². The highest BCUT2D eigenvalue weighted by Gasteiger charge is 2.19. The van der Waals surface area contributed by atoms with Crippen LogP contribution in [-0.2, 0) is 7.05 Å². The van der Waals surface area contributed by atoms with E-state index in [9.17, 15) is 5.11 Å². The van der Waals surface area contributed by atoms with Crippen LogP contribution in [0.1, 0.15) is 18.1 Å². The normalized spacial score (nSPS) is 20.5. The second kappa shape index (κ2) is 9.31. The van der Waals surface area contributed by atoms with Crippen LogP contribution in [0.3, 0.4) is 0 Å². The third-order valence-electron chi connectivity index (χ3n) is 3.84. The minimum absolute atomic E-state index is 0. The summed E-state index contributed by atoms with van der Waals surface area (Å²) in [6.45, 7) is 3.61. The van der Waals surface area contributed by atoms with Gasteiger partial charge >= 0.3 is 0 Å². The summed E-state index contributed by atoms with van der Waals surface area (Å²) < 4.78 is 1.68. The largest absolute Gasteiger partial charge is 0.386 e. The van der Waals surface area contributed by atoms with Crippen molar-refractivity contribution < 1.29 is 5.11 Å². The van der Waals surface area contributed by atoms with Gasteiger partial charge in [0, 0.05) is 45.5 Å². The van der Waals surface area contributed by atoms with Gasteiger partial charge in [0.05, 0.1) is 12.3 Å². The van der Waals surface area contributed by atoms with Crippen molar-refractivity contribution in [3.8, 4) is 0 Å². The first-order valence-corrected chi connectivity index (χ1v) is 7.38. The Labute approximate surface area is 149 Å². The fourth-order valence-electron chi connectivity index (χ4n) is 2.58. The number of hydrogen-bond acceptors (Lipinski definition) is 4. The van der Waals surface area contributed by atoms with Crippen LogP contribution in [0.4, 0.5) is 0 Å². The number of hydrogen-bond donors (Lipinski definition) is 3. The summed E-state index contributed by atoms with van der Waals surface area (Å²) in [6, 6.07) is 0. The van der Waals surface area contributed by atoms with E-state index in [1.165, 1.54) is 6.42 Å². The molecule has 1 saturated heterocycles. The van der Waals surface area contributed by atoms with Crippen molar-refractivity contribution >= 4 is 29.9 Å². The summed E-state index contributed by atoms with van der Waals surface area (Å²) in [5.74, 6) is 1.39. The minimum Gasteiger partial charge on any atom is -0.386 e. The van der Waals surface area contributed by atoms with E-state index in [1.807, 2.05) is 13.2 Å². The predicted octanol–water partition coefficient (Wildman–Crippen LogP) is 0.188. The Morgan fingerprint density at radius 1 is 1.50 bits per heavy atom. The zero-order valence-electron chi connectivity index (χ0n) is 13.5. The maximum absolute atomic E-state index is 10.1. The summed E-state index contributed by atoms with van der Waals surface area (Å²) in [5.41, 5.74) is 0.804. The summed E-state index contributed by atoms with van der Waals surface area (Å²) in [5, 5.41) is 20.6. The van der Waals surface area contributed by atoms with Crippen LogP contribution in [0, 0.1) is 5.92 Å². The SMILES string of the molecule is CN=C(NCC1CCN(C)C1)NCC(O)c1cnn(C)c1.I. The van der Waals surface area contributed by atoms with E-state index in [0.717, 1.165) is 31.2 Å². The maximum Gasteiger partial charge on any atom is 0.191 e. The zero-order chi connectivity index (χ0) is 15.2. The zero-order valence-corrected chi connectivity index (χ0v) is 15.8. The van der Waals surface area contributed by atoms with E-state index < -0.39 is 6.10 Å². The molecule has 22 heavy (non-hydrogen) atoms. The summed E-state index contributed by atoms with van der Waals surface area (Å²) in [4.78, 5) is 6.53. The molecule has 7 nitrogen and oxygen atoms in total. The van der Waals surface area contributed by atoms with Crippen LogP contribution >= 0.6 is 24.0 Å². The highest BCUT2D eigenvalue weighted by atomic mass is 127. The first-order valence-electron chi connectivity index (χ1n) is 7.38. The Morgan fingerprint density at radius 2 is 2.27 bits per heavy atom. The molecule has 0 aliphatic carbocycles. The number of likely N-dealkylation sites (tertiary alicyclic amines) is 1. The Hall–Kier alpha value is -0.870. The lowest BCUT2D eigenvalue weighted by molar-refractivity contribution is 0.180. The fraction of sp³-hybridized carbons (Fsp3) is 0.714. The molecule has 1 aromatic heterocycles. The van der Waals surface area contributed by atoms with Crippen LogP contribution in [0.5, 0.6) is 0 Å². The lowest BCUT2D eigenvalue weighted by Crippen LogP contribution is -2.41. The quantitative estimate of drug-likeness (QED) is 0.359. The van der Waals surface area contributed by atoms with Gasteiger partial charge in [-0.25, -0.2) is 0 Å². The van der Waals surface area contributed by atoms with Crippen molar-refractivity contribution in [3.05, 3.63) is 18.0 Å². The Kier molecular flexibility index (Phi) is 8.12. The standard InChI is InChI=1S/C14H26N6O.HI/c1-15-14(16-6-11-4-5-19(2)9-11)17-8-13(21)12-7-18-20(3)10-12;/h7,10-11,13,21H,4-6,8-9H2,1-3H3,(H2,15,16,17);1H. The molecule has 2 unspecified atom stereocenters. The van der Waals surface area contributed by atoms with Gasteiger partial charge < -0.3 is 20.6 Å². The number of aliphatic imine (C=N–C) groups is 1. The molecule has 0 bridgehead atoms. The molecule has 0 saturated carbocycles. The fourth-order valence-corrected chi connectivity index (χ4v) is 2.58. The molecule has 126 valence electrons. The van der Waals surface area contributed by atoms with Gasteiger partial charge in [0.1, 0.15) is 0 Å². The number of aliphatic hydroxyl groups excluding tert-OH is 1. The van der Waals surface area contributed by atoms with Crippen molar-refractivity contribution in [3.63, 3.8) is 0 Å². The number of aromatic nitrogens is 2. The molecule has 0 radical (unpaired) electrons. The molecule has 1 fully saturated rings. The molecule has 1 aromatic rings. The lowest BCUT2D eigenvalue weighted by Gasteiger charge is -2.17. The molecule has 0 spiro atoms. The number of aryl methyl sites for hydroxylation is 1. The second-order valence-electron chi connectivity index (χ2n) is 5.71. The summed E-state index contributed by atoms with van der Waals surface area (Å²) in [7, 11) is 5.73. The van der Waals surface area contributed by atoms with E-state index in [0.29, 0.717) is 12.5 Å². The average molecular weight is 422 g/mol. The molecule has 3 N–H and O–H groups in total. The molecular formula is C14H27IN6O. The number of rotatable bonds is 5. The molecule has 8 heteroatoms. The first kappa shape index (κ1) is 19.2. The van der Waals surface area contributed by atoms with E-state index >= 15 is 0 Å². The topological polar surface area (TPSA) is 77.7 Å². The van der Waals surface area contributed by atoms with E-state index in [2.05, 4.69) is 32.7 Å². The van der Waals surface area contributed by atoms with Gasteiger partial charge in [-0.05, 0) is 25.9 Å². The van der Waals surface area contributed by atoms with Gasteiger partial charge in [0.2, 0.25) is 0 Å². The van der Waals surface area contributed by atoms with Gasteiger partial charge in [-0.3, -0.25) is 9.67 Å². The van der Waals surface area contributed by atoms with Crippen molar-refractivity contribution in [2.75, 3.05) is 40.3 Å². The molecule has 0 aromatic carbocycles. The van der Waals surface area contributed by atoms with Crippen LogP contribution in [0.25, 0.3) is 0 Å². The molecule has 1 aliphatic rings. The number of nitrogens with zero attached hydrogens (tertiary/aromatic N) is 4. The number of guanidine groups is 1. The van der Waals surface area contributed by atoms with Crippen LogP contribution in [0.15, 0.2) is 17.4 Å². The smallest absolute Gasteiger partial charge is 0.191 e. The van der Waals surface area contributed by atoms with Crippen LogP contribution < -0.4 is 10.6 Å². The number of nitrogens with one attached hydrogen (secondary N) is 2. The van der Waals surface area contributed by atoms with E-state index in [1.54, 1.807) is 17.9 Å². The Bertz CT molecular complexity index is 478. The van der Waals surface area contributed by atoms with Gasteiger partial charge in [-0.2, -0.15) is 5.10 Å². The Morgan fingerprint density at radius 3 is 2.82 bits per heavy atom. The highest BCUT2D eigenvalue weighted by molar-refractivity contribution is 14.0. The van der Waals surface area contributed by atoms with Gasteiger partial charge in [-0.15, -0.1) is 24.0 Å². The molecular weight excluding hydrogens is 395 g/mol. The van der Waals surface area contributed by atoms with Crippen molar-refractivity contribution in [1.82, 2.24) is 25.3 Å². The first-order chi connectivity index (χ1) is 10.1. The maximum atomic E-state index is 10.1. The van der Waals surface area contributed by atoms with Crippen molar-refractivity contribution in [1.29, 1.82) is 0 Å². The van der Waals surface area contributed by atoms with E-state index in [-0.39, 0.29) is 24.0 Å². The van der Waals surface area contributed by atoms with Gasteiger partial charge in [-0.1, -0.05) is 0 Å². The minimum atomic E-state index is -0.588. The molecule has 2 rings (SSSR count). The number of halogens is 1. The second-order valence-corrected chi connectivity index (χ2v) is 5.71. The van der Waals surface area contributed by atoms with Gasteiger partial charge in [0.15, 0.2) is 5.96 Å². The lowest BCUT2D eigenvalue weighted by atomic mass is 10.1. The third-order valence-corrected chi connectivity index (χ3v) is 3.84. The van der Waals surface area contributed by atoms with Crippen LogP contribution in [0.2, 0.25) is 0 Å². The molecule has 2 atom stereocenters. The third kappa shape index (κ3) is 5.73. The monoisotopic (exact) mass is 422 g/mol. The highest BCUT2D eigenvalue weighted by Crippen LogP contribution is 2.13.